The van der Waals surface area contributed by atoms with Crippen molar-refractivity contribution >= 4 is 23.5 Å². The van der Waals surface area contributed by atoms with Crippen molar-refractivity contribution in [1.82, 2.24) is 5.01 Å². The number of ether oxygens (including phenoxy) is 1. The number of benzene rings is 1. The molecule has 0 radical (unpaired) electrons. The molecule has 1 aromatic rings. The zero-order valence-electron chi connectivity index (χ0n) is 10.7. The number of amides is 1. The van der Waals surface area contributed by atoms with Gasteiger partial charge in [0.2, 0.25) is 0 Å². The highest BCUT2D eigenvalue weighted by molar-refractivity contribution is 7.98. The van der Waals surface area contributed by atoms with Gasteiger partial charge < -0.3 is 4.74 Å². The molecule has 0 aliphatic carbocycles. The van der Waals surface area contributed by atoms with Gasteiger partial charge in [-0.1, -0.05) is 0 Å². The van der Waals surface area contributed by atoms with E-state index in [0.29, 0.717) is 16.3 Å². The first-order chi connectivity index (χ1) is 9.58. The van der Waals surface area contributed by atoms with E-state index in [-0.39, 0.29) is 18.8 Å². The zero-order chi connectivity index (χ0) is 15.0. The molecule has 1 amide bonds. The molecule has 9 heteroatoms. The fourth-order valence-corrected chi connectivity index (χ4v) is 1.63. The summed E-state index contributed by atoms with van der Waals surface area (Å²) in [7, 11) is 0. The number of rotatable bonds is 7. The van der Waals surface area contributed by atoms with Crippen molar-refractivity contribution in [2.75, 3.05) is 18.6 Å². The molecule has 8 nitrogen and oxygen atoms in total. The third-order valence-electron chi connectivity index (χ3n) is 2.33. The topological polar surface area (TPSA) is 102 Å². The van der Waals surface area contributed by atoms with Crippen LogP contribution in [-0.2, 0) is 11.3 Å². The minimum Gasteiger partial charge on any atom is -0.443 e. The molecule has 20 heavy (non-hydrogen) atoms. The lowest BCUT2D eigenvalue weighted by molar-refractivity contribution is -0.384. The highest BCUT2D eigenvalue weighted by Crippen LogP contribution is 2.13. The van der Waals surface area contributed by atoms with E-state index in [1.807, 2.05) is 6.26 Å². The van der Waals surface area contributed by atoms with Crippen LogP contribution in [-0.4, -0.2) is 34.6 Å². The summed E-state index contributed by atoms with van der Waals surface area (Å²) in [5.74, 6) is 0.568. The van der Waals surface area contributed by atoms with Crippen molar-refractivity contribution in [3.8, 4) is 0 Å². The molecule has 0 N–H and O–H groups in total. The molecule has 1 rings (SSSR count). The lowest BCUT2D eigenvalue weighted by Crippen LogP contribution is -2.28. The number of thioether (sulfide) groups is 1. The molecule has 0 heterocycles. The fourth-order valence-electron chi connectivity index (χ4n) is 1.28. The first kappa shape index (κ1) is 15.9. The van der Waals surface area contributed by atoms with Crippen LogP contribution in [0.15, 0.2) is 29.6 Å². The van der Waals surface area contributed by atoms with E-state index >= 15 is 0 Å². The van der Waals surface area contributed by atoms with Gasteiger partial charge in [-0.05, 0) is 24.0 Å². The monoisotopic (exact) mass is 299 g/mol. The van der Waals surface area contributed by atoms with Gasteiger partial charge >= 0.3 is 6.09 Å². The van der Waals surface area contributed by atoms with Crippen LogP contribution < -0.4 is 0 Å². The van der Waals surface area contributed by atoms with E-state index in [4.69, 9.17) is 4.74 Å². The molecular weight excluding hydrogens is 286 g/mol. The van der Waals surface area contributed by atoms with E-state index in [9.17, 15) is 19.8 Å². The Balaban J connectivity index is 2.51. The van der Waals surface area contributed by atoms with E-state index in [2.05, 4.69) is 5.29 Å². The Labute approximate surface area is 119 Å². The van der Waals surface area contributed by atoms with Crippen LogP contribution in [0.1, 0.15) is 5.56 Å². The number of hydrogen-bond acceptors (Lipinski definition) is 7. The summed E-state index contributed by atoms with van der Waals surface area (Å²) in [6.45, 7) is 0.0892. The molecule has 1 aromatic carbocycles. The van der Waals surface area contributed by atoms with Gasteiger partial charge in [-0.2, -0.15) is 16.8 Å². The lowest BCUT2D eigenvalue weighted by atomic mass is 10.2. The van der Waals surface area contributed by atoms with Gasteiger partial charge in [0.05, 0.1) is 16.8 Å². The molecule has 0 unspecified atom stereocenters. The largest absolute Gasteiger partial charge is 0.443 e. The summed E-state index contributed by atoms with van der Waals surface area (Å²) >= 11 is 1.47. The van der Waals surface area contributed by atoms with Gasteiger partial charge in [0.15, 0.2) is 0 Å². The van der Waals surface area contributed by atoms with Crippen LogP contribution in [0.2, 0.25) is 0 Å². The quantitative estimate of drug-likeness (QED) is 0.435. The minimum absolute atomic E-state index is 0.0452. The van der Waals surface area contributed by atoms with E-state index in [1.165, 1.54) is 36.0 Å². The molecule has 0 aromatic heterocycles. The first-order valence-electron chi connectivity index (χ1n) is 5.58. The SMILES string of the molecule is CSCCN(N=O)C(=O)OCc1ccc([N+](=O)[O-])cc1. The normalized spacial score (nSPS) is 9.85. The van der Waals surface area contributed by atoms with Crippen LogP contribution in [0.25, 0.3) is 0 Å². The van der Waals surface area contributed by atoms with Crippen molar-refractivity contribution in [2.45, 2.75) is 6.61 Å². The van der Waals surface area contributed by atoms with Crippen LogP contribution in [0, 0.1) is 15.0 Å². The van der Waals surface area contributed by atoms with E-state index in [1.54, 1.807) is 0 Å². The maximum Gasteiger partial charge on any atom is 0.433 e. The van der Waals surface area contributed by atoms with Crippen molar-refractivity contribution in [3.05, 3.63) is 44.9 Å². The Kier molecular flexibility index (Phi) is 6.44. The average Bonchev–Trinajstić information content (AvgIpc) is 2.46. The van der Waals surface area contributed by atoms with Crippen LogP contribution in [0.4, 0.5) is 10.5 Å². The second-order valence-corrected chi connectivity index (χ2v) is 4.66. The predicted molar refractivity (Wildman–Crippen MR) is 74.2 cm³/mol. The number of nitroso groups, excluding NO2 is 1. The van der Waals surface area contributed by atoms with Gasteiger partial charge in [-0.3, -0.25) is 10.1 Å². The summed E-state index contributed by atoms with van der Waals surface area (Å²) in [5, 5.41) is 13.7. The number of carbonyl (C=O) groups excluding carboxylic acids is 1. The number of nitro groups is 1. The molecule has 0 saturated heterocycles. The third kappa shape index (κ3) is 4.84. The molecule has 0 atom stereocenters. The predicted octanol–water partition coefficient (Wildman–Crippen LogP) is 2.58. The molecule has 108 valence electrons. The Bertz CT molecular complexity index is 479. The summed E-state index contributed by atoms with van der Waals surface area (Å²) in [6, 6.07) is 5.58. The minimum atomic E-state index is -0.840. The van der Waals surface area contributed by atoms with Crippen LogP contribution in [0.3, 0.4) is 0 Å². The smallest absolute Gasteiger partial charge is 0.433 e. The molecule has 0 saturated carbocycles. The Morgan fingerprint density at radius 1 is 1.45 bits per heavy atom. The van der Waals surface area contributed by atoms with Crippen molar-refractivity contribution in [3.63, 3.8) is 0 Å². The van der Waals surface area contributed by atoms with Crippen molar-refractivity contribution in [1.29, 1.82) is 0 Å². The van der Waals surface area contributed by atoms with E-state index in [0.717, 1.165) is 0 Å². The second kappa shape index (κ2) is 8.10. The Morgan fingerprint density at radius 2 is 2.10 bits per heavy atom. The third-order valence-corrected chi connectivity index (χ3v) is 2.92. The fraction of sp³-hybridized carbons (Fsp3) is 0.364. The number of carbonyl (C=O) groups is 1. The van der Waals surface area contributed by atoms with E-state index < -0.39 is 11.0 Å². The summed E-state index contributed by atoms with van der Waals surface area (Å²) in [6.07, 6.45) is 0.998. The second-order valence-electron chi connectivity index (χ2n) is 3.68. The average molecular weight is 299 g/mol. The highest BCUT2D eigenvalue weighted by atomic mass is 32.2. The standard InChI is InChI=1S/C11H13N3O5S/c1-20-7-6-13(12-16)11(15)19-8-9-2-4-10(5-3-9)14(17)18/h2-5H,6-8H2,1H3. The molecule has 0 spiro atoms. The number of nitrogens with zero attached hydrogens (tertiary/aromatic N) is 3. The Hall–Kier alpha value is -2.16. The first-order valence-corrected chi connectivity index (χ1v) is 6.97. The zero-order valence-corrected chi connectivity index (χ0v) is 11.5. The summed E-state index contributed by atoms with van der Waals surface area (Å²) in [4.78, 5) is 31.9. The van der Waals surface area contributed by atoms with Crippen LogP contribution >= 0.6 is 11.8 Å². The molecule has 0 aliphatic rings. The van der Waals surface area contributed by atoms with Gasteiger partial charge in [0, 0.05) is 17.9 Å². The van der Waals surface area contributed by atoms with Crippen LogP contribution in [0.5, 0.6) is 0 Å². The number of nitro benzene ring substituents is 1. The maximum atomic E-state index is 11.5. The summed E-state index contributed by atoms with van der Waals surface area (Å²) < 4.78 is 4.89. The maximum absolute atomic E-state index is 11.5. The van der Waals surface area contributed by atoms with Gasteiger partial charge in [0.25, 0.3) is 5.69 Å². The summed E-state index contributed by atoms with van der Waals surface area (Å²) in [5.41, 5.74) is 0.538. The highest BCUT2D eigenvalue weighted by Gasteiger charge is 2.15. The number of non-ortho nitro benzene ring substituents is 1. The Morgan fingerprint density at radius 3 is 2.60 bits per heavy atom. The molecule has 0 aliphatic heterocycles. The molecule has 0 fully saturated rings. The van der Waals surface area contributed by atoms with Crippen molar-refractivity contribution in [2.24, 2.45) is 5.29 Å². The van der Waals surface area contributed by atoms with Crippen molar-refractivity contribution < 1.29 is 14.5 Å². The van der Waals surface area contributed by atoms with Gasteiger partial charge in [-0.25, -0.2) is 4.79 Å². The van der Waals surface area contributed by atoms with Gasteiger partial charge in [-0.15, -0.1) is 4.91 Å². The molecule has 0 bridgehead atoms. The number of hydrogen-bond donors (Lipinski definition) is 0. The van der Waals surface area contributed by atoms with Gasteiger partial charge in [0.1, 0.15) is 6.61 Å². The lowest BCUT2D eigenvalue weighted by Gasteiger charge is -2.12. The molecular formula is C11H13N3O5S.